The SMILES string of the molecule is CCOCCS(=O)(=O)Nc1ccccc1C(C)O. The van der Waals surface area contributed by atoms with Crippen molar-refractivity contribution in [1.29, 1.82) is 0 Å². The highest BCUT2D eigenvalue weighted by Gasteiger charge is 2.14. The Morgan fingerprint density at radius 1 is 1.39 bits per heavy atom. The largest absolute Gasteiger partial charge is 0.389 e. The van der Waals surface area contributed by atoms with Crippen molar-refractivity contribution in [2.24, 2.45) is 0 Å². The van der Waals surface area contributed by atoms with Gasteiger partial charge in [-0.05, 0) is 19.9 Å². The third-order valence-corrected chi connectivity index (χ3v) is 3.61. The summed E-state index contributed by atoms with van der Waals surface area (Å²) in [5, 5.41) is 9.56. The molecule has 1 rings (SSSR count). The van der Waals surface area contributed by atoms with Gasteiger partial charge in [-0.2, -0.15) is 0 Å². The first-order valence-electron chi connectivity index (χ1n) is 5.81. The van der Waals surface area contributed by atoms with Gasteiger partial charge < -0.3 is 9.84 Å². The van der Waals surface area contributed by atoms with Crippen LogP contribution in [0, 0.1) is 0 Å². The molecule has 1 unspecified atom stereocenters. The lowest BCUT2D eigenvalue weighted by atomic mass is 10.1. The third-order valence-electron chi connectivity index (χ3n) is 2.38. The number of hydrogen-bond donors (Lipinski definition) is 2. The van der Waals surface area contributed by atoms with Crippen LogP contribution in [0.5, 0.6) is 0 Å². The zero-order valence-corrected chi connectivity index (χ0v) is 11.4. The lowest BCUT2D eigenvalue weighted by Crippen LogP contribution is -2.21. The highest BCUT2D eigenvalue weighted by molar-refractivity contribution is 7.92. The van der Waals surface area contributed by atoms with E-state index in [-0.39, 0.29) is 12.4 Å². The van der Waals surface area contributed by atoms with Gasteiger partial charge in [0.1, 0.15) is 0 Å². The molecule has 0 aliphatic carbocycles. The molecule has 0 aliphatic rings. The molecule has 0 aromatic heterocycles. The first kappa shape index (κ1) is 14.9. The molecule has 0 aliphatic heterocycles. The van der Waals surface area contributed by atoms with E-state index < -0.39 is 16.1 Å². The number of hydrogen-bond acceptors (Lipinski definition) is 4. The summed E-state index contributed by atoms with van der Waals surface area (Å²) < 4.78 is 31.0. The van der Waals surface area contributed by atoms with E-state index in [1.165, 1.54) is 0 Å². The molecule has 6 heteroatoms. The molecular weight excluding hydrogens is 254 g/mol. The number of nitrogens with one attached hydrogen (secondary N) is 1. The highest BCUT2D eigenvalue weighted by Crippen LogP contribution is 2.23. The molecule has 1 aromatic carbocycles. The van der Waals surface area contributed by atoms with Crippen LogP contribution in [0.1, 0.15) is 25.5 Å². The Morgan fingerprint density at radius 2 is 2.06 bits per heavy atom. The van der Waals surface area contributed by atoms with Crippen molar-refractivity contribution >= 4 is 15.7 Å². The van der Waals surface area contributed by atoms with Crippen LogP contribution in [-0.4, -0.2) is 32.5 Å². The van der Waals surface area contributed by atoms with Crippen LogP contribution < -0.4 is 4.72 Å². The van der Waals surface area contributed by atoms with Gasteiger partial charge in [-0.3, -0.25) is 4.72 Å². The number of sulfonamides is 1. The molecule has 2 N–H and O–H groups in total. The van der Waals surface area contributed by atoms with Crippen LogP contribution in [0.4, 0.5) is 5.69 Å². The van der Waals surface area contributed by atoms with Gasteiger partial charge in [0, 0.05) is 12.2 Å². The van der Waals surface area contributed by atoms with E-state index in [2.05, 4.69) is 4.72 Å². The zero-order valence-electron chi connectivity index (χ0n) is 10.6. The number of aliphatic hydroxyl groups is 1. The molecule has 0 fully saturated rings. The van der Waals surface area contributed by atoms with E-state index in [0.717, 1.165) is 0 Å². The fourth-order valence-electron chi connectivity index (χ4n) is 1.49. The maximum absolute atomic E-state index is 11.8. The molecular formula is C12H19NO4S. The minimum Gasteiger partial charge on any atom is -0.389 e. The Morgan fingerprint density at radius 3 is 2.67 bits per heavy atom. The monoisotopic (exact) mass is 273 g/mol. The van der Waals surface area contributed by atoms with Crippen LogP contribution >= 0.6 is 0 Å². The van der Waals surface area contributed by atoms with Crippen molar-refractivity contribution in [3.05, 3.63) is 29.8 Å². The van der Waals surface area contributed by atoms with Gasteiger partial charge >= 0.3 is 0 Å². The van der Waals surface area contributed by atoms with E-state index in [4.69, 9.17) is 4.74 Å². The second kappa shape index (κ2) is 6.72. The summed E-state index contributed by atoms with van der Waals surface area (Å²) in [5.41, 5.74) is 0.960. The Balaban J connectivity index is 2.78. The molecule has 0 spiro atoms. The van der Waals surface area contributed by atoms with Gasteiger partial charge in [-0.1, -0.05) is 18.2 Å². The van der Waals surface area contributed by atoms with Crippen molar-refractivity contribution in [3.63, 3.8) is 0 Å². The van der Waals surface area contributed by atoms with Crippen LogP contribution in [0.3, 0.4) is 0 Å². The van der Waals surface area contributed by atoms with Gasteiger partial charge in [0.25, 0.3) is 0 Å². The average Bonchev–Trinajstić information content (AvgIpc) is 2.29. The normalized spacial score (nSPS) is 13.3. The second-order valence-corrected chi connectivity index (χ2v) is 5.72. The topological polar surface area (TPSA) is 75.6 Å². The van der Waals surface area contributed by atoms with E-state index in [1.807, 2.05) is 6.92 Å². The standard InChI is InChI=1S/C12H19NO4S/c1-3-17-8-9-18(15,16)13-12-7-5-4-6-11(12)10(2)14/h4-7,10,13-14H,3,8-9H2,1-2H3. The van der Waals surface area contributed by atoms with Crippen LogP contribution in [0.25, 0.3) is 0 Å². The summed E-state index contributed by atoms with van der Waals surface area (Å²) in [7, 11) is -3.45. The first-order valence-corrected chi connectivity index (χ1v) is 7.46. The third kappa shape index (κ3) is 4.64. The maximum atomic E-state index is 11.8. The summed E-state index contributed by atoms with van der Waals surface area (Å²) >= 11 is 0. The van der Waals surface area contributed by atoms with Gasteiger partial charge in [0.2, 0.25) is 10.0 Å². The van der Waals surface area contributed by atoms with Gasteiger partial charge in [-0.25, -0.2) is 8.42 Å². The molecule has 0 saturated heterocycles. The van der Waals surface area contributed by atoms with Crippen molar-refractivity contribution in [1.82, 2.24) is 0 Å². The maximum Gasteiger partial charge on any atom is 0.235 e. The molecule has 1 aromatic rings. The highest BCUT2D eigenvalue weighted by atomic mass is 32.2. The Labute approximate surface area is 108 Å². The minimum atomic E-state index is -3.45. The first-order chi connectivity index (χ1) is 8.46. The average molecular weight is 273 g/mol. The Kier molecular flexibility index (Phi) is 5.58. The second-order valence-electron chi connectivity index (χ2n) is 3.88. The van der Waals surface area contributed by atoms with E-state index in [0.29, 0.717) is 17.9 Å². The van der Waals surface area contributed by atoms with E-state index in [9.17, 15) is 13.5 Å². The number of ether oxygens (including phenoxy) is 1. The van der Waals surface area contributed by atoms with Crippen molar-refractivity contribution in [2.45, 2.75) is 20.0 Å². The van der Waals surface area contributed by atoms with Crippen molar-refractivity contribution < 1.29 is 18.3 Å². The molecule has 18 heavy (non-hydrogen) atoms. The van der Waals surface area contributed by atoms with Crippen LogP contribution in [0.15, 0.2) is 24.3 Å². The number of anilines is 1. The number of rotatable bonds is 7. The number of aliphatic hydroxyl groups excluding tert-OH is 1. The van der Waals surface area contributed by atoms with Gasteiger partial charge in [0.15, 0.2) is 0 Å². The van der Waals surface area contributed by atoms with Crippen molar-refractivity contribution in [3.8, 4) is 0 Å². The fraction of sp³-hybridized carbons (Fsp3) is 0.500. The zero-order chi connectivity index (χ0) is 13.6. The minimum absolute atomic E-state index is 0.102. The lowest BCUT2D eigenvalue weighted by Gasteiger charge is -2.14. The summed E-state index contributed by atoms with van der Waals surface area (Å²) in [6.45, 7) is 4.04. The predicted molar refractivity (Wildman–Crippen MR) is 71.0 cm³/mol. The predicted octanol–water partition coefficient (Wildman–Crippen LogP) is 1.52. The van der Waals surface area contributed by atoms with Gasteiger partial charge in [-0.15, -0.1) is 0 Å². The van der Waals surface area contributed by atoms with E-state index >= 15 is 0 Å². The molecule has 0 saturated carbocycles. The quantitative estimate of drug-likeness (QED) is 0.739. The van der Waals surface area contributed by atoms with Crippen LogP contribution in [-0.2, 0) is 14.8 Å². The molecule has 5 nitrogen and oxygen atoms in total. The number of para-hydroxylation sites is 1. The molecule has 0 heterocycles. The Hall–Kier alpha value is -1.11. The van der Waals surface area contributed by atoms with Gasteiger partial charge in [0.05, 0.1) is 24.2 Å². The molecule has 0 bridgehead atoms. The van der Waals surface area contributed by atoms with Crippen molar-refractivity contribution in [2.75, 3.05) is 23.7 Å². The summed E-state index contributed by atoms with van der Waals surface area (Å²) in [6, 6.07) is 6.78. The number of benzene rings is 1. The molecule has 0 amide bonds. The lowest BCUT2D eigenvalue weighted by molar-refractivity contribution is 0.163. The summed E-state index contributed by atoms with van der Waals surface area (Å²) in [6.07, 6.45) is -0.726. The Bertz CT molecular complexity index is 471. The summed E-state index contributed by atoms with van der Waals surface area (Å²) in [4.78, 5) is 0. The van der Waals surface area contributed by atoms with E-state index in [1.54, 1.807) is 31.2 Å². The van der Waals surface area contributed by atoms with Crippen LogP contribution in [0.2, 0.25) is 0 Å². The molecule has 1 atom stereocenters. The molecule has 0 radical (unpaired) electrons. The summed E-state index contributed by atoms with van der Waals surface area (Å²) in [5.74, 6) is -0.102. The smallest absolute Gasteiger partial charge is 0.235 e. The fourth-order valence-corrected chi connectivity index (χ4v) is 2.45. The molecule has 102 valence electrons.